The maximum Gasteiger partial charge on any atom is 0.262 e. The maximum atomic E-state index is 11.9. The van der Waals surface area contributed by atoms with Crippen LogP contribution in [0.5, 0.6) is 5.75 Å². The van der Waals surface area contributed by atoms with Crippen molar-refractivity contribution in [2.45, 2.75) is 13.8 Å². The van der Waals surface area contributed by atoms with Crippen LogP contribution in [-0.4, -0.2) is 12.5 Å². The summed E-state index contributed by atoms with van der Waals surface area (Å²) in [5.74, 6) is 0.405. The Morgan fingerprint density at radius 3 is 2.62 bits per heavy atom. The fourth-order valence-corrected chi connectivity index (χ4v) is 2.16. The van der Waals surface area contributed by atoms with Crippen LogP contribution in [0, 0.1) is 13.8 Å². The Labute approximate surface area is 133 Å². The number of ether oxygens (including phenoxy) is 1. The van der Waals surface area contributed by atoms with Crippen LogP contribution in [-0.2, 0) is 4.79 Å². The lowest BCUT2D eigenvalue weighted by atomic mass is 10.1. The highest BCUT2D eigenvalue weighted by Gasteiger charge is 2.10. The van der Waals surface area contributed by atoms with Crippen molar-refractivity contribution in [1.82, 2.24) is 0 Å². The number of halogens is 2. The van der Waals surface area contributed by atoms with E-state index in [0.29, 0.717) is 21.5 Å². The molecule has 2 aromatic carbocycles. The molecule has 0 aromatic heterocycles. The van der Waals surface area contributed by atoms with E-state index < -0.39 is 0 Å². The van der Waals surface area contributed by atoms with Crippen molar-refractivity contribution in [3.63, 3.8) is 0 Å². The normalized spacial score (nSPS) is 10.3. The van der Waals surface area contributed by atoms with Gasteiger partial charge in [-0.1, -0.05) is 41.4 Å². The predicted octanol–water partition coefficient (Wildman–Crippen LogP) is 4.63. The highest BCUT2D eigenvalue weighted by Crippen LogP contribution is 2.29. The van der Waals surface area contributed by atoms with Crippen LogP contribution in [0.4, 0.5) is 5.69 Å². The van der Waals surface area contributed by atoms with Gasteiger partial charge < -0.3 is 10.1 Å². The molecule has 0 aliphatic rings. The van der Waals surface area contributed by atoms with E-state index in [4.69, 9.17) is 27.9 Å². The van der Waals surface area contributed by atoms with Crippen LogP contribution in [0.3, 0.4) is 0 Å². The van der Waals surface area contributed by atoms with Crippen LogP contribution in [0.1, 0.15) is 11.1 Å². The smallest absolute Gasteiger partial charge is 0.262 e. The maximum absolute atomic E-state index is 11.9. The van der Waals surface area contributed by atoms with Gasteiger partial charge in [0, 0.05) is 0 Å². The van der Waals surface area contributed by atoms with Gasteiger partial charge in [0.2, 0.25) is 0 Å². The second-order valence-electron chi connectivity index (χ2n) is 4.64. The third-order valence-corrected chi connectivity index (χ3v) is 3.96. The summed E-state index contributed by atoms with van der Waals surface area (Å²) in [6.07, 6.45) is 0. The molecule has 1 N–H and O–H groups in total. The number of anilines is 1. The number of benzene rings is 2. The van der Waals surface area contributed by atoms with Crippen molar-refractivity contribution in [1.29, 1.82) is 0 Å². The number of aryl methyl sites for hydroxylation is 1. The Hall–Kier alpha value is -1.71. The number of hydrogen-bond donors (Lipinski definition) is 1. The third-order valence-electron chi connectivity index (χ3n) is 3.14. The highest BCUT2D eigenvalue weighted by molar-refractivity contribution is 6.43. The van der Waals surface area contributed by atoms with Gasteiger partial charge in [0.1, 0.15) is 5.75 Å². The van der Waals surface area contributed by atoms with E-state index >= 15 is 0 Å². The van der Waals surface area contributed by atoms with Gasteiger partial charge in [-0.3, -0.25) is 4.79 Å². The molecule has 2 rings (SSSR count). The van der Waals surface area contributed by atoms with E-state index in [1.807, 2.05) is 32.0 Å². The van der Waals surface area contributed by atoms with Crippen LogP contribution in [0.25, 0.3) is 0 Å². The molecule has 0 bridgehead atoms. The lowest BCUT2D eigenvalue weighted by molar-refractivity contribution is -0.118. The zero-order chi connectivity index (χ0) is 15.4. The van der Waals surface area contributed by atoms with E-state index in [1.54, 1.807) is 18.2 Å². The number of carbonyl (C=O) groups is 1. The fourth-order valence-electron chi connectivity index (χ4n) is 1.81. The Balaban J connectivity index is 1.99. The molecule has 0 saturated carbocycles. The minimum Gasteiger partial charge on any atom is -0.483 e. The zero-order valence-corrected chi connectivity index (χ0v) is 13.3. The third kappa shape index (κ3) is 3.90. The van der Waals surface area contributed by atoms with Gasteiger partial charge in [0.15, 0.2) is 6.61 Å². The van der Waals surface area contributed by atoms with Gasteiger partial charge >= 0.3 is 0 Å². The molecule has 2 aromatic rings. The minimum atomic E-state index is -0.292. The summed E-state index contributed by atoms with van der Waals surface area (Å²) in [4.78, 5) is 11.9. The van der Waals surface area contributed by atoms with Crippen molar-refractivity contribution in [2.24, 2.45) is 0 Å². The summed E-state index contributed by atoms with van der Waals surface area (Å²) in [7, 11) is 0. The van der Waals surface area contributed by atoms with Crippen molar-refractivity contribution in [2.75, 3.05) is 11.9 Å². The Morgan fingerprint density at radius 1 is 1.14 bits per heavy atom. The van der Waals surface area contributed by atoms with Gasteiger partial charge in [-0.2, -0.15) is 0 Å². The van der Waals surface area contributed by atoms with Crippen molar-refractivity contribution >= 4 is 34.8 Å². The van der Waals surface area contributed by atoms with Crippen LogP contribution in [0.15, 0.2) is 36.4 Å². The number of carbonyl (C=O) groups excluding carboxylic acids is 1. The molecule has 0 aliphatic carbocycles. The molecule has 0 unspecified atom stereocenters. The Bertz CT molecular complexity index is 671. The molecule has 0 atom stereocenters. The molecule has 0 radical (unpaired) electrons. The number of nitrogens with one attached hydrogen (secondary N) is 1. The van der Waals surface area contributed by atoms with Crippen LogP contribution < -0.4 is 10.1 Å². The minimum absolute atomic E-state index is 0.0901. The first-order chi connectivity index (χ1) is 9.99. The molecule has 0 spiro atoms. The molecular formula is C16H15Cl2NO2. The van der Waals surface area contributed by atoms with Gasteiger partial charge in [0.05, 0.1) is 15.7 Å². The zero-order valence-electron chi connectivity index (χ0n) is 11.7. The molecule has 1 amide bonds. The standard InChI is InChI=1S/C16H15Cl2NO2/c1-10-5-3-8-14(11(10)2)21-9-15(20)19-13-7-4-6-12(17)16(13)18/h3-8H,9H2,1-2H3,(H,19,20). The summed E-state index contributed by atoms with van der Waals surface area (Å²) in [6, 6.07) is 10.8. The fraction of sp³-hybridized carbons (Fsp3) is 0.188. The average Bonchev–Trinajstić information content (AvgIpc) is 2.45. The number of rotatable bonds is 4. The Kier molecular flexibility index (Phi) is 5.10. The van der Waals surface area contributed by atoms with Crippen molar-refractivity contribution in [3.8, 4) is 5.75 Å². The molecule has 21 heavy (non-hydrogen) atoms. The molecular weight excluding hydrogens is 309 g/mol. The first-order valence-electron chi connectivity index (χ1n) is 6.42. The van der Waals surface area contributed by atoms with Gasteiger partial charge in [-0.25, -0.2) is 0 Å². The van der Waals surface area contributed by atoms with Gasteiger partial charge in [-0.15, -0.1) is 0 Å². The van der Waals surface area contributed by atoms with Gasteiger partial charge in [0.25, 0.3) is 5.91 Å². The van der Waals surface area contributed by atoms with Crippen molar-refractivity contribution in [3.05, 3.63) is 57.6 Å². The summed E-state index contributed by atoms with van der Waals surface area (Å²) < 4.78 is 5.53. The summed E-state index contributed by atoms with van der Waals surface area (Å²) in [5, 5.41) is 3.39. The van der Waals surface area contributed by atoms with Crippen LogP contribution >= 0.6 is 23.2 Å². The van der Waals surface area contributed by atoms with Crippen molar-refractivity contribution < 1.29 is 9.53 Å². The molecule has 0 aliphatic heterocycles. The molecule has 3 nitrogen and oxygen atoms in total. The van der Waals surface area contributed by atoms with E-state index in [1.165, 1.54) is 0 Å². The SMILES string of the molecule is Cc1cccc(OCC(=O)Nc2cccc(Cl)c2Cl)c1C. The number of hydrogen-bond acceptors (Lipinski definition) is 2. The number of amides is 1. The van der Waals surface area contributed by atoms with Gasteiger partial charge in [-0.05, 0) is 43.2 Å². The second kappa shape index (κ2) is 6.83. The van der Waals surface area contributed by atoms with Crippen LogP contribution in [0.2, 0.25) is 10.0 Å². The molecule has 0 saturated heterocycles. The average molecular weight is 324 g/mol. The van der Waals surface area contributed by atoms with E-state index in [9.17, 15) is 4.79 Å². The first kappa shape index (κ1) is 15.7. The summed E-state index contributed by atoms with van der Waals surface area (Å²) in [5.41, 5.74) is 2.61. The second-order valence-corrected chi connectivity index (χ2v) is 5.42. The quantitative estimate of drug-likeness (QED) is 0.890. The topological polar surface area (TPSA) is 38.3 Å². The van der Waals surface area contributed by atoms with E-state index in [2.05, 4.69) is 5.32 Å². The predicted molar refractivity (Wildman–Crippen MR) is 86.5 cm³/mol. The van der Waals surface area contributed by atoms with E-state index in [0.717, 1.165) is 11.1 Å². The molecule has 0 heterocycles. The molecule has 5 heteroatoms. The monoisotopic (exact) mass is 323 g/mol. The molecule has 0 fully saturated rings. The largest absolute Gasteiger partial charge is 0.483 e. The first-order valence-corrected chi connectivity index (χ1v) is 7.17. The Morgan fingerprint density at radius 2 is 1.86 bits per heavy atom. The summed E-state index contributed by atoms with van der Waals surface area (Å²) >= 11 is 11.9. The highest BCUT2D eigenvalue weighted by atomic mass is 35.5. The summed E-state index contributed by atoms with van der Waals surface area (Å²) in [6.45, 7) is 3.86. The molecule has 110 valence electrons. The lowest BCUT2D eigenvalue weighted by Crippen LogP contribution is -2.20. The lowest BCUT2D eigenvalue weighted by Gasteiger charge is -2.12. The van der Waals surface area contributed by atoms with E-state index in [-0.39, 0.29) is 12.5 Å².